The minimum Gasteiger partial charge on any atom is -0.352 e. The van der Waals surface area contributed by atoms with Crippen molar-refractivity contribution < 1.29 is 0 Å². The lowest BCUT2D eigenvalue weighted by Crippen LogP contribution is -2.30. The van der Waals surface area contributed by atoms with E-state index in [1.165, 1.54) is 11.3 Å². The molecule has 1 saturated heterocycles. The highest BCUT2D eigenvalue weighted by Gasteiger charge is 2.41. The smallest absolute Gasteiger partial charge is 0.170 e. The van der Waals surface area contributed by atoms with E-state index in [2.05, 4.69) is 92.7 Å². The summed E-state index contributed by atoms with van der Waals surface area (Å²) in [5.74, 6) is 0. The molecule has 0 radical (unpaired) electrons. The van der Waals surface area contributed by atoms with Crippen molar-refractivity contribution in [1.82, 2.24) is 19.8 Å². The Balaban J connectivity index is 1.60. The van der Waals surface area contributed by atoms with Crippen molar-refractivity contribution in [1.29, 1.82) is 0 Å². The summed E-state index contributed by atoms with van der Waals surface area (Å²) >= 11 is 5.81. The maximum absolute atomic E-state index is 5.81. The summed E-state index contributed by atoms with van der Waals surface area (Å²) in [6.07, 6.45) is 3.95. The first-order chi connectivity index (χ1) is 14.8. The van der Waals surface area contributed by atoms with Crippen molar-refractivity contribution in [2.45, 2.75) is 18.6 Å². The summed E-state index contributed by atoms with van der Waals surface area (Å²) in [5, 5.41) is 4.29. The molecule has 2 atom stereocenters. The van der Waals surface area contributed by atoms with Crippen LogP contribution in [0.25, 0.3) is 5.69 Å². The molecule has 30 heavy (non-hydrogen) atoms. The van der Waals surface area contributed by atoms with Crippen LogP contribution in [0.5, 0.6) is 0 Å². The Bertz CT molecular complexity index is 1130. The number of pyridine rings is 1. The fourth-order valence-corrected chi connectivity index (χ4v) is 4.44. The first-order valence-corrected chi connectivity index (χ1v) is 10.5. The van der Waals surface area contributed by atoms with Crippen molar-refractivity contribution in [2.75, 3.05) is 0 Å². The predicted molar refractivity (Wildman–Crippen MR) is 123 cm³/mol. The van der Waals surface area contributed by atoms with E-state index in [1.807, 2.05) is 30.5 Å². The number of para-hydroxylation sites is 1. The zero-order valence-corrected chi connectivity index (χ0v) is 17.2. The normalized spacial score (nSPS) is 18.4. The highest BCUT2D eigenvalue weighted by molar-refractivity contribution is 7.80. The lowest BCUT2D eigenvalue weighted by atomic mass is 10.0. The van der Waals surface area contributed by atoms with Crippen LogP contribution in [0.15, 0.2) is 103 Å². The second kappa shape index (κ2) is 8.13. The zero-order chi connectivity index (χ0) is 20.3. The van der Waals surface area contributed by atoms with Crippen LogP contribution < -0.4 is 5.32 Å². The number of benzene rings is 2. The Morgan fingerprint density at radius 3 is 2.30 bits per heavy atom. The molecule has 5 rings (SSSR count). The number of hydrogen-bond acceptors (Lipinski definition) is 2. The van der Waals surface area contributed by atoms with E-state index >= 15 is 0 Å². The van der Waals surface area contributed by atoms with Crippen molar-refractivity contribution in [3.63, 3.8) is 0 Å². The van der Waals surface area contributed by atoms with Crippen LogP contribution in [0.1, 0.15) is 29.0 Å². The van der Waals surface area contributed by atoms with Gasteiger partial charge in [-0.3, -0.25) is 4.98 Å². The molecular formula is C25H22N4S. The molecule has 148 valence electrons. The van der Waals surface area contributed by atoms with Gasteiger partial charge >= 0.3 is 0 Å². The van der Waals surface area contributed by atoms with E-state index in [4.69, 9.17) is 12.2 Å². The summed E-state index contributed by atoms with van der Waals surface area (Å²) in [4.78, 5) is 6.92. The van der Waals surface area contributed by atoms with Crippen molar-refractivity contribution in [3.8, 4) is 5.69 Å². The molecule has 0 unspecified atom stereocenters. The largest absolute Gasteiger partial charge is 0.352 e. The molecule has 1 aliphatic heterocycles. The predicted octanol–water partition coefficient (Wildman–Crippen LogP) is 5.05. The molecule has 3 heterocycles. The molecule has 0 amide bonds. The topological polar surface area (TPSA) is 33.1 Å². The Morgan fingerprint density at radius 2 is 1.57 bits per heavy atom. The third kappa shape index (κ3) is 3.48. The number of aromatic nitrogens is 2. The van der Waals surface area contributed by atoms with Crippen LogP contribution in [0.2, 0.25) is 0 Å². The van der Waals surface area contributed by atoms with Gasteiger partial charge in [-0.2, -0.15) is 0 Å². The van der Waals surface area contributed by atoms with Crippen LogP contribution in [0, 0.1) is 0 Å². The van der Waals surface area contributed by atoms with E-state index in [-0.39, 0.29) is 12.1 Å². The van der Waals surface area contributed by atoms with Gasteiger partial charge in [-0.1, -0.05) is 54.6 Å². The summed E-state index contributed by atoms with van der Waals surface area (Å²) < 4.78 is 2.24. The Hall–Kier alpha value is -3.44. The Morgan fingerprint density at radius 1 is 0.833 bits per heavy atom. The monoisotopic (exact) mass is 410 g/mol. The molecule has 1 aliphatic rings. The summed E-state index contributed by atoms with van der Waals surface area (Å²) in [5.41, 5.74) is 4.53. The molecule has 4 aromatic rings. The maximum atomic E-state index is 5.81. The van der Waals surface area contributed by atoms with E-state index < -0.39 is 0 Å². The molecule has 2 aromatic heterocycles. The van der Waals surface area contributed by atoms with Gasteiger partial charge in [0.05, 0.1) is 17.8 Å². The van der Waals surface area contributed by atoms with Gasteiger partial charge in [0.15, 0.2) is 5.11 Å². The average molecular weight is 411 g/mol. The summed E-state index contributed by atoms with van der Waals surface area (Å²) in [7, 11) is 0. The minimum atomic E-state index is -0.0280. The lowest BCUT2D eigenvalue weighted by Gasteiger charge is -2.29. The minimum absolute atomic E-state index is 0.0165. The van der Waals surface area contributed by atoms with Crippen LogP contribution in [-0.2, 0) is 6.54 Å². The number of rotatable bonds is 5. The van der Waals surface area contributed by atoms with Gasteiger partial charge in [-0.15, -0.1) is 0 Å². The summed E-state index contributed by atoms with van der Waals surface area (Å²) in [6.45, 7) is 0.737. The van der Waals surface area contributed by atoms with E-state index in [0.29, 0.717) is 0 Å². The fraction of sp³-hybridized carbons (Fsp3) is 0.120. The second-order valence-corrected chi connectivity index (χ2v) is 7.77. The summed E-state index contributed by atoms with van der Waals surface area (Å²) in [6, 6.07) is 31.2. The molecule has 0 aliphatic carbocycles. The quantitative estimate of drug-likeness (QED) is 0.467. The molecule has 5 heteroatoms. The molecule has 0 saturated carbocycles. The van der Waals surface area contributed by atoms with Crippen LogP contribution in [0.3, 0.4) is 0 Å². The van der Waals surface area contributed by atoms with Gasteiger partial charge in [0.25, 0.3) is 0 Å². The molecule has 1 N–H and O–H groups in total. The third-order valence-corrected chi connectivity index (χ3v) is 5.86. The number of nitrogens with zero attached hydrogens (tertiary/aromatic N) is 3. The van der Waals surface area contributed by atoms with Crippen LogP contribution in [0.4, 0.5) is 0 Å². The van der Waals surface area contributed by atoms with Gasteiger partial charge in [0.2, 0.25) is 0 Å². The SMILES string of the molecule is S=C1N[C@@H](c2ccccn2)[C@H](c2cccn2-c2ccccc2)N1Cc1ccccc1. The van der Waals surface area contributed by atoms with E-state index in [0.717, 1.165) is 23.0 Å². The van der Waals surface area contributed by atoms with Crippen LogP contribution in [-0.4, -0.2) is 19.6 Å². The molecular weight excluding hydrogens is 388 g/mol. The average Bonchev–Trinajstić information content (AvgIpc) is 3.40. The molecule has 0 bridgehead atoms. The second-order valence-electron chi connectivity index (χ2n) is 7.38. The van der Waals surface area contributed by atoms with E-state index in [1.54, 1.807) is 0 Å². The zero-order valence-electron chi connectivity index (χ0n) is 16.4. The molecule has 2 aromatic carbocycles. The number of hydrogen-bond donors (Lipinski definition) is 1. The molecule has 0 spiro atoms. The Kier molecular flexibility index (Phi) is 5.03. The van der Waals surface area contributed by atoms with Gasteiger partial charge in [-0.25, -0.2) is 0 Å². The van der Waals surface area contributed by atoms with Crippen molar-refractivity contribution in [2.24, 2.45) is 0 Å². The Labute approximate surface area is 181 Å². The number of thiocarbonyl (C=S) groups is 1. The highest BCUT2D eigenvalue weighted by atomic mass is 32.1. The van der Waals surface area contributed by atoms with Crippen LogP contribution >= 0.6 is 12.2 Å². The maximum Gasteiger partial charge on any atom is 0.170 e. The standard InChI is InChI=1S/C25H22N4S/c30-25-27-23(21-14-7-8-16-26-21)24(29(25)18-19-10-3-1-4-11-19)22-15-9-17-28(22)20-12-5-2-6-13-20/h1-17,23-24H,18H2,(H,27,30)/t23-,24-/m0/s1. The van der Waals surface area contributed by atoms with Gasteiger partial charge in [-0.05, 0) is 54.2 Å². The fourth-order valence-electron chi connectivity index (χ4n) is 4.14. The number of nitrogens with one attached hydrogen (secondary N) is 1. The van der Waals surface area contributed by atoms with Crippen molar-refractivity contribution in [3.05, 3.63) is 120 Å². The van der Waals surface area contributed by atoms with Crippen molar-refractivity contribution >= 4 is 17.3 Å². The lowest BCUT2D eigenvalue weighted by molar-refractivity contribution is 0.302. The van der Waals surface area contributed by atoms with E-state index in [9.17, 15) is 0 Å². The van der Waals surface area contributed by atoms with Gasteiger partial charge in [0.1, 0.15) is 0 Å². The first-order valence-electron chi connectivity index (χ1n) is 10.1. The van der Waals surface area contributed by atoms with Gasteiger partial charge in [0, 0.05) is 30.3 Å². The first kappa shape index (κ1) is 18.6. The third-order valence-electron chi connectivity index (χ3n) is 5.51. The van der Waals surface area contributed by atoms with Gasteiger partial charge < -0.3 is 14.8 Å². The molecule has 1 fully saturated rings. The molecule has 4 nitrogen and oxygen atoms in total. The highest BCUT2D eigenvalue weighted by Crippen LogP contribution is 2.40.